The van der Waals surface area contributed by atoms with E-state index >= 15 is 0 Å². The molecule has 0 spiro atoms. The Balaban J connectivity index is 1.57. The van der Waals surface area contributed by atoms with Crippen LogP contribution >= 0.6 is 23.2 Å². The lowest BCUT2D eigenvalue weighted by molar-refractivity contribution is 0.0697. The minimum atomic E-state index is -0.998. The number of aromatic nitrogens is 2. The molecule has 4 aromatic rings. The molecule has 2 heterocycles. The standard InChI is InChI=1S/C25H17Cl2FN4O2/c26-16-6-9-18-21(12-16)32(23-19(27)2-1-3-20(23)28)11-10-15-13-29-25(31-22(15)18)30-17-7-4-14(5-8-17)24(33)34/h1-9,12-13H,10-11H2,(H,33,34)(H,29,30,31). The van der Waals surface area contributed by atoms with Crippen molar-refractivity contribution in [2.24, 2.45) is 0 Å². The van der Waals surface area contributed by atoms with Gasteiger partial charge in [0.25, 0.3) is 0 Å². The highest BCUT2D eigenvalue weighted by atomic mass is 35.5. The molecule has 0 bridgehead atoms. The highest BCUT2D eigenvalue weighted by Gasteiger charge is 2.26. The number of nitrogens with one attached hydrogen (secondary N) is 1. The van der Waals surface area contributed by atoms with Crippen LogP contribution in [0, 0.1) is 5.82 Å². The predicted octanol–water partition coefficient (Wildman–Crippen LogP) is 6.73. The quantitative estimate of drug-likeness (QED) is 0.327. The van der Waals surface area contributed by atoms with Crippen LogP contribution in [0.1, 0.15) is 15.9 Å². The number of hydrogen-bond donors (Lipinski definition) is 2. The fourth-order valence-corrected chi connectivity index (χ4v) is 4.40. The normalized spacial score (nSPS) is 12.5. The van der Waals surface area contributed by atoms with E-state index in [1.54, 1.807) is 42.6 Å². The van der Waals surface area contributed by atoms with E-state index in [1.807, 2.05) is 11.0 Å². The van der Waals surface area contributed by atoms with Gasteiger partial charge in [0.05, 0.1) is 27.7 Å². The molecule has 0 unspecified atom stereocenters. The van der Waals surface area contributed by atoms with Crippen LogP contribution in [0.15, 0.2) is 66.9 Å². The summed E-state index contributed by atoms with van der Waals surface area (Å²) in [4.78, 5) is 22.1. The molecule has 3 aromatic carbocycles. The van der Waals surface area contributed by atoms with E-state index < -0.39 is 11.8 Å². The van der Waals surface area contributed by atoms with Crippen molar-refractivity contribution >= 4 is 52.2 Å². The molecular formula is C25H17Cl2FN4O2. The molecular weight excluding hydrogens is 478 g/mol. The second-order valence-electron chi connectivity index (χ2n) is 7.71. The lowest BCUT2D eigenvalue weighted by Gasteiger charge is -2.26. The zero-order valence-corrected chi connectivity index (χ0v) is 19.1. The maximum atomic E-state index is 14.8. The fourth-order valence-electron chi connectivity index (χ4n) is 3.97. The first-order valence-electron chi connectivity index (χ1n) is 10.4. The third-order valence-corrected chi connectivity index (χ3v) is 6.11. The van der Waals surface area contributed by atoms with E-state index in [-0.39, 0.29) is 11.3 Å². The average molecular weight is 495 g/mol. The zero-order chi connectivity index (χ0) is 23.8. The van der Waals surface area contributed by atoms with Gasteiger partial charge in [0.1, 0.15) is 5.82 Å². The van der Waals surface area contributed by atoms with E-state index in [9.17, 15) is 9.18 Å². The second-order valence-corrected chi connectivity index (χ2v) is 8.55. The number of aromatic carboxylic acids is 1. The van der Waals surface area contributed by atoms with Gasteiger partial charge >= 0.3 is 5.97 Å². The summed E-state index contributed by atoms with van der Waals surface area (Å²) >= 11 is 12.7. The van der Waals surface area contributed by atoms with Crippen LogP contribution < -0.4 is 10.2 Å². The van der Waals surface area contributed by atoms with Crippen LogP contribution in [0.4, 0.5) is 27.4 Å². The van der Waals surface area contributed by atoms with Crippen LogP contribution in [0.5, 0.6) is 0 Å². The van der Waals surface area contributed by atoms with Crippen molar-refractivity contribution in [3.05, 3.63) is 93.8 Å². The molecule has 0 saturated carbocycles. The van der Waals surface area contributed by atoms with Crippen molar-refractivity contribution < 1.29 is 14.3 Å². The number of nitrogens with zero attached hydrogens (tertiary/aromatic N) is 3. The summed E-state index contributed by atoms with van der Waals surface area (Å²) in [6.07, 6.45) is 2.29. The molecule has 0 atom stereocenters. The van der Waals surface area contributed by atoms with E-state index in [0.717, 1.165) is 11.1 Å². The molecule has 170 valence electrons. The van der Waals surface area contributed by atoms with Gasteiger partial charge in [-0.1, -0.05) is 29.3 Å². The molecule has 0 aliphatic carbocycles. The molecule has 0 fully saturated rings. The van der Waals surface area contributed by atoms with Crippen LogP contribution in [-0.4, -0.2) is 27.6 Å². The number of carboxylic acids is 1. The van der Waals surface area contributed by atoms with Crippen molar-refractivity contribution in [1.82, 2.24) is 9.97 Å². The molecule has 0 amide bonds. The molecule has 0 saturated heterocycles. The topological polar surface area (TPSA) is 78.3 Å². The van der Waals surface area contributed by atoms with Crippen LogP contribution in [0.3, 0.4) is 0 Å². The Morgan fingerprint density at radius 1 is 1.09 bits per heavy atom. The molecule has 6 nitrogen and oxygen atoms in total. The van der Waals surface area contributed by atoms with Crippen molar-refractivity contribution in [2.45, 2.75) is 6.42 Å². The molecule has 2 N–H and O–H groups in total. The third kappa shape index (κ3) is 4.16. The van der Waals surface area contributed by atoms with Gasteiger partial charge < -0.3 is 15.3 Å². The first-order valence-corrected chi connectivity index (χ1v) is 11.1. The van der Waals surface area contributed by atoms with Crippen molar-refractivity contribution in [1.29, 1.82) is 0 Å². The number of carbonyl (C=O) groups is 1. The SMILES string of the molecule is O=C(O)c1ccc(Nc2ncc3c(n2)-c2ccc(Cl)cc2N(c2c(F)cccc2Cl)CC3)cc1. The smallest absolute Gasteiger partial charge is 0.335 e. The van der Waals surface area contributed by atoms with Gasteiger partial charge in [0.15, 0.2) is 0 Å². The van der Waals surface area contributed by atoms with Crippen LogP contribution in [0.2, 0.25) is 10.0 Å². The van der Waals surface area contributed by atoms with Crippen LogP contribution in [-0.2, 0) is 6.42 Å². The van der Waals surface area contributed by atoms with Gasteiger partial charge in [0.2, 0.25) is 5.95 Å². The van der Waals surface area contributed by atoms with E-state index in [4.69, 9.17) is 33.3 Å². The molecule has 5 rings (SSSR count). The number of benzene rings is 3. The first-order chi connectivity index (χ1) is 16.4. The van der Waals surface area contributed by atoms with Gasteiger partial charge in [-0.05, 0) is 66.6 Å². The van der Waals surface area contributed by atoms with Gasteiger partial charge in [-0.15, -0.1) is 0 Å². The Hall–Kier alpha value is -3.68. The summed E-state index contributed by atoms with van der Waals surface area (Å²) < 4.78 is 14.8. The Kier molecular flexibility index (Phi) is 5.81. The van der Waals surface area contributed by atoms with E-state index in [0.29, 0.717) is 46.0 Å². The fraction of sp³-hybridized carbons (Fsp3) is 0.0800. The molecule has 1 aromatic heterocycles. The van der Waals surface area contributed by atoms with Gasteiger partial charge in [-0.3, -0.25) is 0 Å². The highest BCUT2D eigenvalue weighted by Crippen LogP contribution is 2.43. The van der Waals surface area contributed by atoms with Gasteiger partial charge in [-0.2, -0.15) is 0 Å². The molecule has 1 aliphatic heterocycles. The Labute approximate surface area is 204 Å². The lowest BCUT2D eigenvalue weighted by Crippen LogP contribution is -2.21. The van der Waals surface area contributed by atoms with E-state index in [1.165, 1.54) is 18.2 Å². The molecule has 0 radical (unpaired) electrons. The van der Waals surface area contributed by atoms with Crippen LogP contribution in [0.25, 0.3) is 11.3 Å². The summed E-state index contributed by atoms with van der Waals surface area (Å²) in [7, 11) is 0. The largest absolute Gasteiger partial charge is 0.478 e. The number of carboxylic acid groups (broad SMARTS) is 1. The highest BCUT2D eigenvalue weighted by molar-refractivity contribution is 6.33. The van der Waals surface area contributed by atoms with Crippen molar-refractivity contribution in [2.75, 3.05) is 16.8 Å². The van der Waals surface area contributed by atoms with Crippen molar-refractivity contribution in [3.8, 4) is 11.3 Å². The zero-order valence-electron chi connectivity index (χ0n) is 17.6. The Morgan fingerprint density at radius 2 is 1.88 bits per heavy atom. The number of anilines is 4. The Bertz CT molecular complexity index is 1390. The summed E-state index contributed by atoms with van der Waals surface area (Å²) in [6, 6.07) is 16.3. The second kappa shape index (κ2) is 8.93. The summed E-state index contributed by atoms with van der Waals surface area (Å²) in [5.74, 6) is -1.08. The third-order valence-electron chi connectivity index (χ3n) is 5.57. The van der Waals surface area contributed by atoms with Gasteiger partial charge in [0, 0.05) is 29.0 Å². The average Bonchev–Trinajstić information content (AvgIpc) is 2.96. The number of rotatable bonds is 4. The maximum absolute atomic E-state index is 14.8. The summed E-state index contributed by atoms with van der Waals surface area (Å²) in [6.45, 7) is 0.452. The number of hydrogen-bond acceptors (Lipinski definition) is 5. The van der Waals surface area contributed by atoms with E-state index in [2.05, 4.69) is 10.3 Å². The number of para-hydroxylation sites is 1. The van der Waals surface area contributed by atoms with Gasteiger partial charge in [-0.25, -0.2) is 19.2 Å². The summed E-state index contributed by atoms with van der Waals surface area (Å²) in [5.41, 5.74) is 4.16. The minimum Gasteiger partial charge on any atom is -0.478 e. The number of halogens is 3. The Morgan fingerprint density at radius 3 is 2.62 bits per heavy atom. The molecule has 1 aliphatic rings. The first kappa shape index (κ1) is 22.1. The molecule has 34 heavy (non-hydrogen) atoms. The monoisotopic (exact) mass is 494 g/mol. The lowest BCUT2D eigenvalue weighted by atomic mass is 10.0. The molecule has 9 heteroatoms. The predicted molar refractivity (Wildman–Crippen MR) is 131 cm³/mol. The summed E-state index contributed by atoms with van der Waals surface area (Å²) in [5, 5.41) is 13.0. The van der Waals surface area contributed by atoms with Crippen molar-refractivity contribution in [3.63, 3.8) is 0 Å². The minimum absolute atomic E-state index is 0.186. The maximum Gasteiger partial charge on any atom is 0.335 e. The number of fused-ring (bicyclic) bond motifs is 3.